The maximum Gasteiger partial charge on any atom is 0.228 e. The predicted octanol–water partition coefficient (Wildman–Crippen LogP) is 1.40. The number of rotatable bonds is 4. The Labute approximate surface area is 129 Å². The smallest absolute Gasteiger partial charge is 0.228 e. The summed E-state index contributed by atoms with van der Waals surface area (Å²) in [6.45, 7) is 5.10. The van der Waals surface area contributed by atoms with Gasteiger partial charge in [-0.3, -0.25) is 0 Å². The van der Waals surface area contributed by atoms with Gasteiger partial charge in [0.25, 0.3) is 0 Å². The maximum atomic E-state index is 5.87. The largest absolute Gasteiger partial charge is 0.480 e. The lowest BCUT2D eigenvalue weighted by molar-refractivity contribution is 0.122. The van der Waals surface area contributed by atoms with Crippen molar-refractivity contribution in [3.05, 3.63) is 11.9 Å². The number of nitrogen functional groups attached to an aromatic ring is 1. The first-order chi connectivity index (χ1) is 10.7. The van der Waals surface area contributed by atoms with Gasteiger partial charge in [0.05, 0.1) is 25.8 Å². The van der Waals surface area contributed by atoms with Crippen molar-refractivity contribution in [2.45, 2.75) is 19.8 Å². The van der Waals surface area contributed by atoms with Gasteiger partial charge in [-0.2, -0.15) is 4.98 Å². The average molecular weight is 303 g/mol. The fourth-order valence-corrected chi connectivity index (χ4v) is 2.65. The highest BCUT2D eigenvalue weighted by atomic mass is 16.5. The molecule has 0 aliphatic carbocycles. The number of aromatic nitrogens is 3. The molecule has 1 aliphatic heterocycles. The number of ether oxygens (including phenoxy) is 2. The number of anilines is 2. The van der Waals surface area contributed by atoms with Crippen molar-refractivity contribution >= 4 is 22.5 Å². The molecule has 7 nitrogen and oxygen atoms in total. The summed E-state index contributed by atoms with van der Waals surface area (Å²) in [5.74, 6) is 2.56. The predicted molar refractivity (Wildman–Crippen MR) is 85.3 cm³/mol. The molecule has 7 heteroatoms. The molecule has 2 aromatic rings. The molecule has 1 saturated heterocycles. The molecular formula is C15H21N5O2. The number of hydrogen-bond donors (Lipinski definition) is 1. The van der Waals surface area contributed by atoms with Gasteiger partial charge in [0.15, 0.2) is 0 Å². The second-order valence-corrected chi connectivity index (χ2v) is 5.26. The minimum Gasteiger partial charge on any atom is -0.480 e. The van der Waals surface area contributed by atoms with E-state index in [1.165, 1.54) is 0 Å². The lowest BCUT2D eigenvalue weighted by Gasteiger charge is -2.29. The van der Waals surface area contributed by atoms with Crippen LogP contribution in [0.3, 0.4) is 0 Å². The number of pyridine rings is 1. The van der Waals surface area contributed by atoms with Crippen molar-refractivity contribution in [3.8, 4) is 5.88 Å². The first-order valence-corrected chi connectivity index (χ1v) is 7.56. The van der Waals surface area contributed by atoms with Crippen LogP contribution in [0.5, 0.6) is 5.88 Å². The van der Waals surface area contributed by atoms with Gasteiger partial charge in [-0.05, 0) is 6.42 Å². The Morgan fingerprint density at radius 2 is 2.05 bits per heavy atom. The molecule has 3 rings (SSSR count). The molecule has 0 saturated carbocycles. The standard InChI is InChI=1S/C15H21N5O2/c1-3-4-12-17-10-9-11(16)18-15(21-2)13(10)14(19-12)20-5-7-22-8-6-20/h9H,3-8H2,1-2H3,(H2,16,18). The Hall–Kier alpha value is -2.15. The van der Waals surface area contributed by atoms with E-state index < -0.39 is 0 Å². The average Bonchev–Trinajstić information content (AvgIpc) is 2.54. The van der Waals surface area contributed by atoms with Crippen LogP contribution in [-0.2, 0) is 11.2 Å². The van der Waals surface area contributed by atoms with Crippen molar-refractivity contribution in [2.75, 3.05) is 44.0 Å². The Balaban J connectivity index is 2.20. The molecule has 3 heterocycles. The van der Waals surface area contributed by atoms with Crippen LogP contribution in [-0.4, -0.2) is 48.4 Å². The number of morpholine rings is 1. The molecule has 2 aromatic heterocycles. The van der Waals surface area contributed by atoms with Gasteiger partial charge >= 0.3 is 0 Å². The number of hydrogen-bond acceptors (Lipinski definition) is 7. The van der Waals surface area contributed by atoms with Crippen LogP contribution in [0.1, 0.15) is 19.2 Å². The van der Waals surface area contributed by atoms with E-state index in [1.54, 1.807) is 13.2 Å². The summed E-state index contributed by atoms with van der Waals surface area (Å²) in [4.78, 5) is 15.8. The molecule has 22 heavy (non-hydrogen) atoms. The first kappa shape index (κ1) is 14.8. The number of nitrogens with zero attached hydrogens (tertiary/aromatic N) is 4. The van der Waals surface area contributed by atoms with Gasteiger partial charge in [-0.1, -0.05) is 6.92 Å². The summed E-state index contributed by atoms with van der Waals surface area (Å²) < 4.78 is 10.8. The highest BCUT2D eigenvalue weighted by Gasteiger charge is 2.21. The molecule has 0 amide bonds. The molecule has 0 unspecified atom stereocenters. The van der Waals surface area contributed by atoms with Crippen LogP contribution < -0.4 is 15.4 Å². The first-order valence-electron chi connectivity index (χ1n) is 7.56. The van der Waals surface area contributed by atoms with Crippen molar-refractivity contribution in [1.29, 1.82) is 0 Å². The summed E-state index contributed by atoms with van der Waals surface area (Å²) in [5.41, 5.74) is 6.65. The van der Waals surface area contributed by atoms with E-state index in [-0.39, 0.29) is 0 Å². The summed E-state index contributed by atoms with van der Waals surface area (Å²) >= 11 is 0. The van der Waals surface area contributed by atoms with Crippen molar-refractivity contribution in [1.82, 2.24) is 15.0 Å². The van der Waals surface area contributed by atoms with E-state index >= 15 is 0 Å². The van der Waals surface area contributed by atoms with Gasteiger partial charge < -0.3 is 20.1 Å². The van der Waals surface area contributed by atoms with E-state index in [4.69, 9.17) is 20.2 Å². The lowest BCUT2D eigenvalue weighted by Crippen LogP contribution is -2.37. The highest BCUT2D eigenvalue weighted by molar-refractivity contribution is 5.95. The van der Waals surface area contributed by atoms with Crippen LogP contribution in [0.4, 0.5) is 11.6 Å². The highest BCUT2D eigenvalue weighted by Crippen LogP contribution is 2.32. The monoisotopic (exact) mass is 303 g/mol. The third-order valence-corrected chi connectivity index (χ3v) is 3.67. The van der Waals surface area contributed by atoms with Gasteiger partial charge in [0, 0.05) is 25.6 Å². The number of methoxy groups -OCH3 is 1. The summed E-state index contributed by atoms with van der Waals surface area (Å²) in [6.07, 6.45) is 1.82. The SMILES string of the molecule is CCCc1nc(N2CCOCC2)c2c(OC)nc(N)cc2n1. The van der Waals surface area contributed by atoms with Gasteiger partial charge in [-0.25, -0.2) is 9.97 Å². The van der Waals surface area contributed by atoms with E-state index in [0.29, 0.717) is 24.9 Å². The fourth-order valence-electron chi connectivity index (χ4n) is 2.65. The van der Waals surface area contributed by atoms with Crippen molar-refractivity contribution in [2.24, 2.45) is 0 Å². The molecule has 2 N–H and O–H groups in total. The van der Waals surface area contributed by atoms with Crippen LogP contribution in [0.2, 0.25) is 0 Å². The van der Waals surface area contributed by atoms with Crippen LogP contribution in [0, 0.1) is 0 Å². The van der Waals surface area contributed by atoms with Crippen molar-refractivity contribution < 1.29 is 9.47 Å². The minimum atomic E-state index is 0.401. The molecule has 0 bridgehead atoms. The molecule has 0 radical (unpaired) electrons. The molecule has 1 aliphatic rings. The normalized spacial score (nSPS) is 15.3. The molecule has 118 valence electrons. The zero-order valence-electron chi connectivity index (χ0n) is 13.0. The minimum absolute atomic E-state index is 0.401. The zero-order chi connectivity index (χ0) is 15.5. The summed E-state index contributed by atoms with van der Waals surface area (Å²) in [6, 6.07) is 1.78. The topological polar surface area (TPSA) is 86.4 Å². The zero-order valence-corrected chi connectivity index (χ0v) is 13.0. The number of aryl methyl sites for hydroxylation is 1. The Kier molecular flexibility index (Phi) is 4.24. The number of fused-ring (bicyclic) bond motifs is 1. The Bertz CT molecular complexity index is 671. The van der Waals surface area contributed by atoms with Gasteiger partial charge in [0.2, 0.25) is 5.88 Å². The van der Waals surface area contributed by atoms with E-state index in [0.717, 1.165) is 48.5 Å². The molecule has 1 fully saturated rings. The fraction of sp³-hybridized carbons (Fsp3) is 0.533. The summed E-state index contributed by atoms with van der Waals surface area (Å²) in [7, 11) is 1.59. The second kappa shape index (κ2) is 6.31. The Morgan fingerprint density at radius 3 is 2.73 bits per heavy atom. The van der Waals surface area contributed by atoms with Gasteiger partial charge in [0.1, 0.15) is 22.8 Å². The third-order valence-electron chi connectivity index (χ3n) is 3.67. The van der Waals surface area contributed by atoms with E-state index in [9.17, 15) is 0 Å². The van der Waals surface area contributed by atoms with E-state index in [1.807, 2.05) is 0 Å². The summed E-state index contributed by atoms with van der Waals surface area (Å²) in [5, 5.41) is 0.818. The molecule has 0 spiro atoms. The third kappa shape index (κ3) is 2.76. The molecule has 0 aromatic carbocycles. The maximum absolute atomic E-state index is 5.87. The van der Waals surface area contributed by atoms with Crippen LogP contribution in [0.25, 0.3) is 10.9 Å². The molecular weight excluding hydrogens is 282 g/mol. The van der Waals surface area contributed by atoms with Crippen LogP contribution in [0.15, 0.2) is 6.07 Å². The van der Waals surface area contributed by atoms with Crippen molar-refractivity contribution in [3.63, 3.8) is 0 Å². The van der Waals surface area contributed by atoms with Gasteiger partial charge in [-0.15, -0.1) is 0 Å². The van der Waals surface area contributed by atoms with E-state index in [2.05, 4.69) is 21.8 Å². The Morgan fingerprint density at radius 1 is 1.27 bits per heavy atom. The second-order valence-electron chi connectivity index (χ2n) is 5.26. The lowest BCUT2D eigenvalue weighted by atomic mass is 10.2. The number of nitrogens with two attached hydrogens (primary N) is 1. The van der Waals surface area contributed by atoms with Crippen LogP contribution >= 0.6 is 0 Å². The molecule has 0 atom stereocenters. The quantitative estimate of drug-likeness (QED) is 0.913.